The Labute approximate surface area is 97.2 Å². The SMILES string of the molecule is CCN(CC1CCOC1)c1cccc(N)c1. The van der Waals surface area contributed by atoms with Gasteiger partial charge in [0.15, 0.2) is 0 Å². The first kappa shape index (κ1) is 11.3. The molecule has 1 fully saturated rings. The Hall–Kier alpha value is -1.22. The Morgan fingerprint density at radius 2 is 2.38 bits per heavy atom. The molecule has 1 heterocycles. The highest BCUT2D eigenvalue weighted by Crippen LogP contribution is 2.21. The van der Waals surface area contributed by atoms with Gasteiger partial charge in [0.2, 0.25) is 0 Å². The fourth-order valence-corrected chi connectivity index (χ4v) is 2.18. The van der Waals surface area contributed by atoms with Crippen molar-refractivity contribution in [3.8, 4) is 0 Å². The third-order valence-corrected chi connectivity index (χ3v) is 3.12. The van der Waals surface area contributed by atoms with Gasteiger partial charge < -0.3 is 15.4 Å². The molecule has 0 radical (unpaired) electrons. The van der Waals surface area contributed by atoms with E-state index in [0.29, 0.717) is 5.92 Å². The van der Waals surface area contributed by atoms with Crippen molar-refractivity contribution in [3.63, 3.8) is 0 Å². The third kappa shape index (κ3) is 2.67. The zero-order valence-electron chi connectivity index (χ0n) is 9.86. The van der Waals surface area contributed by atoms with E-state index in [9.17, 15) is 0 Å². The van der Waals surface area contributed by atoms with Gasteiger partial charge in [-0.05, 0) is 31.5 Å². The van der Waals surface area contributed by atoms with Crippen molar-refractivity contribution >= 4 is 11.4 Å². The van der Waals surface area contributed by atoms with E-state index >= 15 is 0 Å². The first-order chi connectivity index (χ1) is 7.79. The number of hydrogen-bond donors (Lipinski definition) is 1. The lowest BCUT2D eigenvalue weighted by molar-refractivity contribution is 0.186. The first-order valence-corrected chi connectivity index (χ1v) is 5.98. The van der Waals surface area contributed by atoms with Crippen LogP contribution in [-0.4, -0.2) is 26.3 Å². The molecular weight excluding hydrogens is 200 g/mol. The molecule has 0 aromatic heterocycles. The maximum Gasteiger partial charge on any atom is 0.0512 e. The van der Waals surface area contributed by atoms with Crippen molar-refractivity contribution in [1.82, 2.24) is 0 Å². The van der Waals surface area contributed by atoms with Gasteiger partial charge in [-0.1, -0.05) is 6.07 Å². The Bertz CT molecular complexity index is 334. The second-order valence-electron chi connectivity index (χ2n) is 4.36. The lowest BCUT2D eigenvalue weighted by atomic mass is 10.1. The molecule has 3 heteroatoms. The summed E-state index contributed by atoms with van der Waals surface area (Å²) in [5.74, 6) is 0.668. The van der Waals surface area contributed by atoms with E-state index in [1.165, 1.54) is 12.1 Å². The average Bonchev–Trinajstić information content (AvgIpc) is 2.78. The van der Waals surface area contributed by atoms with E-state index in [2.05, 4.69) is 17.9 Å². The highest BCUT2D eigenvalue weighted by molar-refractivity contribution is 5.55. The Morgan fingerprint density at radius 3 is 3.00 bits per heavy atom. The van der Waals surface area contributed by atoms with Crippen LogP contribution in [0.2, 0.25) is 0 Å². The first-order valence-electron chi connectivity index (χ1n) is 5.98. The van der Waals surface area contributed by atoms with Crippen LogP contribution in [-0.2, 0) is 4.74 Å². The van der Waals surface area contributed by atoms with Crippen LogP contribution in [0, 0.1) is 5.92 Å². The number of nitrogens with zero attached hydrogens (tertiary/aromatic N) is 1. The summed E-state index contributed by atoms with van der Waals surface area (Å²) >= 11 is 0. The topological polar surface area (TPSA) is 38.5 Å². The smallest absolute Gasteiger partial charge is 0.0512 e. The van der Waals surface area contributed by atoms with Crippen LogP contribution in [0.25, 0.3) is 0 Å². The molecule has 1 unspecified atom stereocenters. The van der Waals surface area contributed by atoms with Gasteiger partial charge in [0.1, 0.15) is 0 Å². The van der Waals surface area contributed by atoms with Gasteiger partial charge in [0.25, 0.3) is 0 Å². The van der Waals surface area contributed by atoms with Gasteiger partial charge in [-0.2, -0.15) is 0 Å². The fraction of sp³-hybridized carbons (Fsp3) is 0.538. The second-order valence-corrected chi connectivity index (χ2v) is 4.36. The molecule has 1 aliphatic heterocycles. The van der Waals surface area contributed by atoms with Crippen LogP contribution >= 0.6 is 0 Å². The maximum absolute atomic E-state index is 5.81. The fourth-order valence-electron chi connectivity index (χ4n) is 2.18. The monoisotopic (exact) mass is 220 g/mol. The van der Waals surface area contributed by atoms with Crippen LogP contribution in [0.15, 0.2) is 24.3 Å². The van der Waals surface area contributed by atoms with E-state index in [1.807, 2.05) is 18.2 Å². The van der Waals surface area contributed by atoms with Crippen molar-refractivity contribution in [3.05, 3.63) is 24.3 Å². The predicted octanol–water partition coefficient (Wildman–Crippen LogP) is 2.13. The third-order valence-electron chi connectivity index (χ3n) is 3.12. The minimum atomic E-state index is 0.668. The molecule has 0 amide bonds. The van der Waals surface area contributed by atoms with Gasteiger partial charge in [-0.3, -0.25) is 0 Å². The minimum absolute atomic E-state index is 0.668. The van der Waals surface area contributed by atoms with E-state index in [0.717, 1.165) is 32.0 Å². The molecule has 0 spiro atoms. The van der Waals surface area contributed by atoms with Gasteiger partial charge in [-0.25, -0.2) is 0 Å². The molecule has 2 N–H and O–H groups in total. The Kier molecular flexibility index (Phi) is 3.67. The zero-order chi connectivity index (χ0) is 11.4. The van der Waals surface area contributed by atoms with Crippen LogP contribution in [0.1, 0.15) is 13.3 Å². The molecule has 88 valence electrons. The van der Waals surface area contributed by atoms with Crippen molar-refractivity contribution in [2.24, 2.45) is 5.92 Å². The van der Waals surface area contributed by atoms with Gasteiger partial charge in [0, 0.05) is 37.0 Å². The lowest BCUT2D eigenvalue weighted by Crippen LogP contribution is -2.29. The normalized spacial score (nSPS) is 19.9. The highest BCUT2D eigenvalue weighted by atomic mass is 16.5. The standard InChI is InChI=1S/C13H20N2O/c1-2-15(9-11-6-7-16-10-11)13-5-3-4-12(14)8-13/h3-5,8,11H,2,6-7,9-10,14H2,1H3. The maximum atomic E-state index is 5.81. The van der Waals surface area contributed by atoms with Crippen molar-refractivity contribution in [1.29, 1.82) is 0 Å². The van der Waals surface area contributed by atoms with Crippen molar-refractivity contribution in [2.75, 3.05) is 36.9 Å². The largest absolute Gasteiger partial charge is 0.399 e. The van der Waals surface area contributed by atoms with Crippen LogP contribution < -0.4 is 10.6 Å². The molecule has 1 atom stereocenters. The number of hydrogen-bond acceptors (Lipinski definition) is 3. The number of nitrogens with two attached hydrogens (primary N) is 1. The van der Waals surface area contributed by atoms with Crippen LogP contribution in [0.4, 0.5) is 11.4 Å². The second kappa shape index (κ2) is 5.21. The van der Waals surface area contributed by atoms with Crippen LogP contribution in [0.3, 0.4) is 0 Å². The van der Waals surface area contributed by atoms with Gasteiger partial charge >= 0.3 is 0 Å². The summed E-state index contributed by atoms with van der Waals surface area (Å²) in [6.07, 6.45) is 1.18. The zero-order valence-corrected chi connectivity index (χ0v) is 9.86. The summed E-state index contributed by atoms with van der Waals surface area (Å²) in [4.78, 5) is 2.37. The quantitative estimate of drug-likeness (QED) is 0.790. The Morgan fingerprint density at radius 1 is 1.50 bits per heavy atom. The van der Waals surface area contributed by atoms with Gasteiger partial charge in [0.05, 0.1) is 6.61 Å². The predicted molar refractivity (Wildman–Crippen MR) is 67.7 cm³/mol. The van der Waals surface area contributed by atoms with Crippen LogP contribution in [0.5, 0.6) is 0 Å². The number of rotatable bonds is 4. The minimum Gasteiger partial charge on any atom is -0.399 e. The molecule has 1 saturated heterocycles. The molecule has 1 aromatic rings. The summed E-state index contributed by atoms with van der Waals surface area (Å²) in [6, 6.07) is 8.10. The van der Waals surface area contributed by atoms with Crippen molar-refractivity contribution in [2.45, 2.75) is 13.3 Å². The summed E-state index contributed by atoms with van der Waals surface area (Å²) < 4.78 is 5.41. The molecule has 1 aromatic carbocycles. The van der Waals surface area contributed by atoms with E-state index < -0.39 is 0 Å². The molecule has 3 nitrogen and oxygen atoms in total. The summed E-state index contributed by atoms with van der Waals surface area (Å²) in [5, 5.41) is 0. The molecule has 2 rings (SSSR count). The number of nitrogen functional groups attached to an aromatic ring is 1. The van der Waals surface area contributed by atoms with E-state index in [-0.39, 0.29) is 0 Å². The van der Waals surface area contributed by atoms with E-state index in [1.54, 1.807) is 0 Å². The number of anilines is 2. The summed E-state index contributed by atoms with van der Waals surface area (Å²) in [5.41, 5.74) is 7.86. The molecule has 0 aliphatic carbocycles. The molecule has 0 bridgehead atoms. The Balaban J connectivity index is 2.03. The van der Waals surface area contributed by atoms with Gasteiger partial charge in [-0.15, -0.1) is 0 Å². The molecular formula is C13H20N2O. The number of benzene rings is 1. The lowest BCUT2D eigenvalue weighted by Gasteiger charge is -2.26. The number of ether oxygens (including phenoxy) is 1. The summed E-state index contributed by atoms with van der Waals surface area (Å²) in [6.45, 7) is 6.08. The average molecular weight is 220 g/mol. The molecule has 1 aliphatic rings. The summed E-state index contributed by atoms with van der Waals surface area (Å²) in [7, 11) is 0. The molecule has 0 saturated carbocycles. The van der Waals surface area contributed by atoms with Crippen molar-refractivity contribution < 1.29 is 4.74 Å². The highest BCUT2D eigenvalue weighted by Gasteiger charge is 2.18. The molecule has 16 heavy (non-hydrogen) atoms. The van der Waals surface area contributed by atoms with E-state index in [4.69, 9.17) is 10.5 Å².